The zero-order valence-corrected chi connectivity index (χ0v) is 11.4. The number of rotatable bonds is 7. The van der Waals surface area contributed by atoms with Crippen molar-refractivity contribution in [2.75, 3.05) is 19.8 Å². The van der Waals surface area contributed by atoms with Gasteiger partial charge in [0, 0.05) is 0 Å². The summed E-state index contributed by atoms with van der Waals surface area (Å²) in [7, 11) is 0. The predicted octanol–water partition coefficient (Wildman–Crippen LogP) is 1.94. The van der Waals surface area contributed by atoms with E-state index in [4.69, 9.17) is 15.2 Å². The molecular weight excluding hydrogens is 254 g/mol. The average Bonchev–Trinajstić information content (AvgIpc) is 2.35. The number of nitrogens with two attached hydrogens (primary N) is 1. The summed E-state index contributed by atoms with van der Waals surface area (Å²) >= 11 is 0. The minimum Gasteiger partial charge on any atom is -0.482 e. The summed E-state index contributed by atoms with van der Waals surface area (Å²) in [6.45, 7) is 2.79. The highest BCUT2D eigenvalue weighted by Gasteiger charge is 2.02. The number of halogens is 1. The lowest BCUT2D eigenvalue weighted by atomic mass is 10.1. The number of aryl methyl sites for hydroxylation is 1. The number of benzene rings is 1. The zero-order valence-electron chi connectivity index (χ0n) is 10.6. The van der Waals surface area contributed by atoms with Gasteiger partial charge < -0.3 is 15.2 Å². The summed E-state index contributed by atoms with van der Waals surface area (Å²) in [5.74, 6) is 0.328. The molecular formula is C13H20ClNO3. The summed E-state index contributed by atoms with van der Waals surface area (Å²) in [5, 5.41) is 0. The quantitative estimate of drug-likeness (QED) is 0.772. The van der Waals surface area contributed by atoms with E-state index in [2.05, 4.69) is 0 Å². The van der Waals surface area contributed by atoms with Gasteiger partial charge in [0.2, 0.25) is 0 Å². The van der Waals surface area contributed by atoms with E-state index in [1.165, 1.54) is 5.56 Å². The fraction of sp³-hybridized carbons (Fsp3) is 0.462. The van der Waals surface area contributed by atoms with Crippen molar-refractivity contribution in [3.8, 4) is 5.75 Å². The SMILES string of the molecule is CCOC(=O)COc1ccc(CCCN)cc1.Cl. The Balaban J connectivity index is 0.00000289. The molecule has 1 aromatic carbocycles. The van der Waals surface area contributed by atoms with Crippen molar-refractivity contribution in [2.24, 2.45) is 5.73 Å². The molecule has 0 amide bonds. The van der Waals surface area contributed by atoms with E-state index in [0.29, 0.717) is 18.9 Å². The van der Waals surface area contributed by atoms with Gasteiger partial charge in [0.15, 0.2) is 6.61 Å². The fourth-order valence-corrected chi connectivity index (χ4v) is 1.40. The Bertz CT molecular complexity index is 341. The second kappa shape index (κ2) is 9.74. The zero-order chi connectivity index (χ0) is 12.5. The molecule has 0 heterocycles. The van der Waals surface area contributed by atoms with Crippen molar-refractivity contribution in [2.45, 2.75) is 19.8 Å². The first-order chi connectivity index (χ1) is 8.26. The van der Waals surface area contributed by atoms with Crippen LogP contribution in [0, 0.1) is 0 Å². The molecule has 0 unspecified atom stereocenters. The van der Waals surface area contributed by atoms with Crippen LogP contribution in [0.5, 0.6) is 5.75 Å². The number of carbonyl (C=O) groups excluding carboxylic acids is 1. The van der Waals surface area contributed by atoms with Gasteiger partial charge in [-0.15, -0.1) is 12.4 Å². The van der Waals surface area contributed by atoms with Crippen LogP contribution in [0.1, 0.15) is 18.9 Å². The summed E-state index contributed by atoms with van der Waals surface area (Å²) in [4.78, 5) is 11.1. The van der Waals surface area contributed by atoms with Gasteiger partial charge >= 0.3 is 5.97 Å². The van der Waals surface area contributed by atoms with Crippen LogP contribution in [0.15, 0.2) is 24.3 Å². The van der Waals surface area contributed by atoms with Crippen molar-refractivity contribution in [3.05, 3.63) is 29.8 Å². The number of hydrogen-bond donors (Lipinski definition) is 1. The minimum atomic E-state index is -0.347. The molecule has 0 saturated carbocycles. The predicted molar refractivity (Wildman–Crippen MR) is 73.2 cm³/mol. The van der Waals surface area contributed by atoms with Crippen molar-refractivity contribution >= 4 is 18.4 Å². The number of hydrogen-bond acceptors (Lipinski definition) is 4. The van der Waals surface area contributed by atoms with Gasteiger partial charge in [0.1, 0.15) is 5.75 Å². The summed E-state index contributed by atoms with van der Waals surface area (Å²) in [5.41, 5.74) is 6.66. The number of ether oxygens (including phenoxy) is 2. The lowest BCUT2D eigenvalue weighted by molar-refractivity contribution is -0.145. The molecule has 18 heavy (non-hydrogen) atoms. The molecule has 1 aromatic rings. The van der Waals surface area contributed by atoms with Crippen LogP contribution in [0.3, 0.4) is 0 Å². The first kappa shape index (κ1) is 16.7. The third-order valence-corrected chi connectivity index (χ3v) is 2.25. The van der Waals surface area contributed by atoms with Crippen LogP contribution >= 0.6 is 12.4 Å². The molecule has 0 atom stereocenters. The minimum absolute atomic E-state index is 0. The topological polar surface area (TPSA) is 61.5 Å². The molecule has 1 rings (SSSR count). The average molecular weight is 274 g/mol. The molecule has 2 N–H and O–H groups in total. The highest BCUT2D eigenvalue weighted by Crippen LogP contribution is 2.13. The van der Waals surface area contributed by atoms with E-state index in [-0.39, 0.29) is 25.0 Å². The van der Waals surface area contributed by atoms with Gasteiger partial charge in [-0.2, -0.15) is 0 Å². The number of esters is 1. The Morgan fingerprint density at radius 2 is 1.94 bits per heavy atom. The largest absolute Gasteiger partial charge is 0.482 e. The first-order valence-corrected chi connectivity index (χ1v) is 5.83. The Morgan fingerprint density at radius 3 is 2.50 bits per heavy atom. The lowest BCUT2D eigenvalue weighted by Crippen LogP contribution is -2.14. The van der Waals surface area contributed by atoms with Gasteiger partial charge in [-0.05, 0) is 44.0 Å². The fourth-order valence-electron chi connectivity index (χ4n) is 1.40. The first-order valence-electron chi connectivity index (χ1n) is 5.83. The standard InChI is InChI=1S/C13H19NO3.ClH/c1-2-16-13(15)10-17-12-7-5-11(6-8-12)4-3-9-14;/h5-8H,2-4,9-10,14H2,1H3;1H. The molecule has 0 saturated heterocycles. The third-order valence-electron chi connectivity index (χ3n) is 2.25. The van der Waals surface area contributed by atoms with Crippen LogP contribution in [0.25, 0.3) is 0 Å². The molecule has 0 aromatic heterocycles. The Labute approximate surface area is 114 Å². The van der Waals surface area contributed by atoms with Crippen molar-refractivity contribution in [1.29, 1.82) is 0 Å². The smallest absolute Gasteiger partial charge is 0.344 e. The van der Waals surface area contributed by atoms with Gasteiger partial charge in [0.05, 0.1) is 6.61 Å². The second-order valence-corrected chi connectivity index (χ2v) is 3.63. The normalized spacial score (nSPS) is 9.44. The highest BCUT2D eigenvalue weighted by molar-refractivity contribution is 5.85. The molecule has 4 nitrogen and oxygen atoms in total. The molecule has 0 bridgehead atoms. The van der Waals surface area contributed by atoms with Gasteiger partial charge in [-0.25, -0.2) is 4.79 Å². The number of carbonyl (C=O) groups is 1. The third kappa shape index (κ3) is 6.47. The maximum Gasteiger partial charge on any atom is 0.344 e. The van der Waals surface area contributed by atoms with Crippen LogP contribution in [-0.2, 0) is 16.0 Å². The molecule has 0 aliphatic rings. The molecule has 0 aliphatic carbocycles. The monoisotopic (exact) mass is 273 g/mol. The molecule has 0 radical (unpaired) electrons. The lowest BCUT2D eigenvalue weighted by Gasteiger charge is -2.06. The van der Waals surface area contributed by atoms with Crippen LogP contribution in [-0.4, -0.2) is 25.7 Å². The van der Waals surface area contributed by atoms with Gasteiger partial charge in [0.25, 0.3) is 0 Å². The Kier molecular flexibility index (Phi) is 9.06. The maximum absolute atomic E-state index is 11.1. The summed E-state index contributed by atoms with van der Waals surface area (Å²) in [6, 6.07) is 7.67. The van der Waals surface area contributed by atoms with E-state index in [0.717, 1.165) is 12.8 Å². The van der Waals surface area contributed by atoms with Crippen molar-refractivity contribution < 1.29 is 14.3 Å². The van der Waals surface area contributed by atoms with E-state index in [9.17, 15) is 4.79 Å². The van der Waals surface area contributed by atoms with Crippen molar-refractivity contribution in [3.63, 3.8) is 0 Å². The maximum atomic E-state index is 11.1. The van der Waals surface area contributed by atoms with Crippen LogP contribution in [0.4, 0.5) is 0 Å². The molecule has 5 heteroatoms. The molecule has 0 aliphatic heterocycles. The Hall–Kier alpha value is -1.26. The molecule has 102 valence electrons. The molecule has 0 spiro atoms. The summed E-state index contributed by atoms with van der Waals surface area (Å²) in [6.07, 6.45) is 1.94. The van der Waals surface area contributed by atoms with Crippen LogP contribution < -0.4 is 10.5 Å². The highest BCUT2D eigenvalue weighted by atomic mass is 35.5. The van der Waals surface area contributed by atoms with Crippen LogP contribution in [0.2, 0.25) is 0 Å². The van der Waals surface area contributed by atoms with E-state index in [1.807, 2.05) is 24.3 Å². The molecule has 0 fully saturated rings. The van der Waals surface area contributed by atoms with E-state index >= 15 is 0 Å². The van der Waals surface area contributed by atoms with E-state index < -0.39 is 0 Å². The van der Waals surface area contributed by atoms with E-state index in [1.54, 1.807) is 6.92 Å². The summed E-state index contributed by atoms with van der Waals surface area (Å²) < 4.78 is 10.0. The van der Waals surface area contributed by atoms with Crippen molar-refractivity contribution in [1.82, 2.24) is 0 Å². The van der Waals surface area contributed by atoms with Gasteiger partial charge in [-0.3, -0.25) is 0 Å². The second-order valence-electron chi connectivity index (χ2n) is 3.63. The Morgan fingerprint density at radius 1 is 1.28 bits per heavy atom. The van der Waals surface area contributed by atoms with Gasteiger partial charge in [-0.1, -0.05) is 12.1 Å².